The van der Waals surface area contributed by atoms with Crippen molar-refractivity contribution in [3.05, 3.63) is 93.4 Å². The van der Waals surface area contributed by atoms with Gasteiger partial charge in [0.15, 0.2) is 0 Å². The summed E-state index contributed by atoms with van der Waals surface area (Å²) in [5.74, 6) is -0.162. The fraction of sp³-hybridized carbons (Fsp3) is 0.0526. The van der Waals surface area contributed by atoms with E-state index >= 15 is 0 Å². The molecule has 3 rings (SSSR count). The summed E-state index contributed by atoms with van der Waals surface area (Å²) in [6.45, 7) is 0. The van der Waals surface area contributed by atoms with E-state index in [4.69, 9.17) is 11.6 Å². The molecule has 2 heterocycles. The van der Waals surface area contributed by atoms with Gasteiger partial charge >= 0.3 is 0 Å². The van der Waals surface area contributed by atoms with Gasteiger partial charge in [-0.05, 0) is 57.8 Å². The molecule has 0 radical (unpaired) electrons. The summed E-state index contributed by atoms with van der Waals surface area (Å²) in [6, 6.07) is 13.0. The summed E-state index contributed by atoms with van der Waals surface area (Å²) in [5, 5.41) is 7.74. The number of benzene rings is 1. The molecule has 0 fully saturated rings. The molecule has 0 spiro atoms. The lowest BCUT2D eigenvalue weighted by atomic mass is 10.0. The third-order valence-corrected chi connectivity index (χ3v) is 4.43. The SMILES string of the molecule is O=C(/C=C/c1cccnc1)NC(c1ccc(Cl)cc1)c1ccsc1. The molecule has 120 valence electrons. The normalized spacial score (nSPS) is 12.2. The Hall–Kier alpha value is -2.43. The fourth-order valence-electron chi connectivity index (χ4n) is 2.29. The van der Waals surface area contributed by atoms with Crippen LogP contribution in [0, 0.1) is 0 Å². The van der Waals surface area contributed by atoms with Crippen molar-refractivity contribution in [1.29, 1.82) is 0 Å². The molecule has 0 saturated heterocycles. The number of nitrogens with zero attached hydrogens (tertiary/aromatic N) is 1. The Morgan fingerprint density at radius 3 is 2.67 bits per heavy atom. The highest BCUT2D eigenvalue weighted by atomic mass is 35.5. The van der Waals surface area contributed by atoms with Crippen LogP contribution in [-0.4, -0.2) is 10.9 Å². The maximum absolute atomic E-state index is 12.3. The van der Waals surface area contributed by atoms with Gasteiger partial charge in [0, 0.05) is 23.5 Å². The minimum atomic E-state index is -0.209. The number of hydrogen-bond acceptors (Lipinski definition) is 3. The average Bonchev–Trinajstić information content (AvgIpc) is 3.14. The number of amides is 1. The van der Waals surface area contributed by atoms with Crippen molar-refractivity contribution in [3.8, 4) is 0 Å². The predicted octanol–water partition coefficient (Wildman–Crippen LogP) is 4.72. The zero-order valence-corrected chi connectivity index (χ0v) is 14.3. The van der Waals surface area contributed by atoms with Crippen LogP contribution in [0.15, 0.2) is 71.7 Å². The van der Waals surface area contributed by atoms with E-state index in [1.54, 1.807) is 29.8 Å². The number of carbonyl (C=O) groups is 1. The quantitative estimate of drug-likeness (QED) is 0.674. The first kappa shape index (κ1) is 16.4. The molecule has 0 aliphatic carbocycles. The second-order valence-corrected chi connectivity index (χ2v) is 6.39. The van der Waals surface area contributed by atoms with Crippen LogP contribution in [0.1, 0.15) is 22.7 Å². The van der Waals surface area contributed by atoms with E-state index in [-0.39, 0.29) is 11.9 Å². The number of halogens is 1. The van der Waals surface area contributed by atoms with Gasteiger partial charge in [-0.15, -0.1) is 0 Å². The van der Waals surface area contributed by atoms with E-state index in [0.29, 0.717) is 5.02 Å². The van der Waals surface area contributed by atoms with Crippen molar-refractivity contribution >= 4 is 34.9 Å². The number of nitrogens with one attached hydrogen (secondary N) is 1. The summed E-state index contributed by atoms with van der Waals surface area (Å²) in [5.41, 5.74) is 2.91. The number of pyridine rings is 1. The first-order chi connectivity index (χ1) is 11.7. The van der Waals surface area contributed by atoms with Crippen molar-refractivity contribution in [3.63, 3.8) is 0 Å². The summed E-state index contributed by atoms with van der Waals surface area (Å²) in [4.78, 5) is 16.3. The molecule has 3 nitrogen and oxygen atoms in total. The molecule has 24 heavy (non-hydrogen) atoms. The van der Waals surface area contributed by atoms with Crippen LogP contribution in [0.25, 0.3) is 6.08 Å². The van der Waals surface area contributed by atoms with Gasteiger partial charge in [-0.25, -0.2) is 0 Å². The molecule has 0 aliphatic rings. The Morgan fingerprint density at radius 2 is 2.00 bits per heavy atom. The van der Waals surface area contributed by atoms with Gasteiger partial charge in [0.05, 0.1) is 6.04 Å². The van der Waals surface area contributed by atoms with Crippen LogP contribution in [-0.2, 0) is 4.79 Å². The molecule has 3 aromatic rings. The molecule has 0 saturated carbocycles. The van der Waals surface area contributed by atoms with Crippen LogP contribution in [0.2, 0.25) is 5.02 Å². The summed E-state index contributed by atoms with van der Waals surface area (Å²) < 4.78 is 0. The highest BCUT2D eigenvalue weighted by Crippen LogP contribution is 2.25. The lowest BCUT2D eigenvalue weighted by Gasteiger charge is -2.17. The maximum Gasteiger partial charge on any atom is 0.244 e. The molecule has 0 bridgehead atoms. The number of thiophene rings is 1. The van der Waals surface area contributed by atoms with Gasteiger partial charge in [0.2, 0.25) is 5.91 Å². The Labute approximate surface area is 149 Å². The van der Waals surface area contributed by atoms with Crippen LogP contribution < -0.4 is 5.32 Å². The number of rotatable bonds is 5. The van der Waals surface area contributed by atoms with E-state index in [9.17, 15) is 4.79 Å². The van der Waals surface area contributed by atoms with E-state index in [1.807, 2.05) is 53.2 Å². The third-order valence-electron chi connectivity index (χ3n) is 3.48. The molecule has 0 aliphatic heterocycles. The number of hydrogen-bond donors (Lipinski definition) is 1. The van der Waals surface area contributed by atoms with Crippen molar-refractivity contribution < 1.29 is 4.79 Å². The Bertz CT molecular complexity index is 814. The topological polar surface area (TPSA) is 42.0 Å². The first-order valence-electron chi connectivity index (χ1n) is 7.38. The molecule has 1 N–H and O–H groups in total. The highest BCUT2D eigenvalue weighted by molar-refractivity contribution is 7.08. The molecule has 1 aromatic carbocycles. The Morgan fingerprint density at radius 1 is 1.17 bits per heavy atom. The molecule has 1 amide bonds. The fourth-order valence-corrected chi connectivity index (χ4v) is 3.10. The molecule has 1 unspecified atom stereocenters. The minimum Gasteiger partial charge on any atom is -0.342 e. The second kappa shape index (κ2) is 7.90. The van der Waals surface area contributed by atoms with Crippen LogP contribution in [0.3, 0.4) is 0 Å². The Kier molecular flexibility index (Phi) is 5.41. The summed E-state index contributed by atoms with van der Waals surface area (Å²) in [7, 11) is 0. The summed E-state index contributed by atoms with van der Waals surface area (Å²) in [6.07, 6.45) is 6.67. The van der Waals surface area contributed by atoms with Crippen LogP contribution in [0.4, 0.5) is 0 Å². The number of carbonyl (C=O) groups excluding carboxylic acids is 1. The van der Waals surface area contributed by atoms with Crippen LogP contribution >= 0.6 is 22.9 Å². The van der Waals surface area contributed by atoms with E-state index in [0.717, 1.165) is 16.7 Å². The average molecular weight is 355 g/mol. The molecule has 2 aromatic heterocycles. The minimum absolute atomic E-state index is 0.162. The van der Waals surface area contributed by atoms with E-state index in [2.05, 4.69) is 10.3 Å². The van der Waals surface area contributed by atoms with Gasteiger partial charge < -0.3 is 5.32 Å². The monoisotopic (exact) mass is 354 g/mol. The largest absolute Gasteiger partial charge is 0.342 e. The van der Waals surface area contributed by atoms with E-state index < -0.39 is 0 Å². The summed E-state index contributed by atoms with van der Waals surface area (Å²) >= 11 is 7.56. The molecular weight excluding hydrogens is 340 g/mol. The molecular formula is C19H15ClN2OS. The van der Waals surface area contributed by atoms with Crippen molar-refractivity contribution in [2.45, 2.75) is 6.04 Å². The standard InChI is InChI=1S/C19H15ClN2OS/c20-17-6-4-15(5-7-17)19(16-9-11-24-13-16)22-18(23)8-3-14-2-1-10-21-12-14/h1-13,19H,(H,22,23)/b8-3+. The second-order valence-electron chi connectivity index (χ2n) is 5.17. The van der Waals surface area contributed by atoms with E-state index in [1.165, 1.54) is 6.08 Å². The first-order valence-corrected chi connectivity index (χ1v) is 8.70. The lowest BCUT2D eigenvalue weighted by molar-refractivity contribution is -0.116. The highest BCUT2D eigenvalue weighted by Gasteiger charge is 2.16. The van der Waals surface area contributed by atoms with Gasteiger partial charge in [-0.2, -0.15) is 11.3 Å². The van der Waals surface area contributed by atoms with Crippen LogP contribution in [0.5, 0.6) is 0 Å². The van der Waals surface area contributed by atoms with Crippen molar-refractivity contribution in [2.24, 2.45) is 0 Å². The predicted molar refractivity (Wildman–Crippen MR) is 99.0 cm³/mol. The zero-order valence-electron chi connectivity index (χ0n) is 12.7. The van der Waals surface area contributed by atoms with Gasteiger partial charge in [-0.1, -0.05) is 29.8 Å². The molecule has 5 heteroatoms. The van der Waals surface area contributed by atoms with Crippen molar-refractivity contribution in [2.75, 3.05) is 0 Å². The van der Waals surface area contributed by atoms with Gasteiger partial charge in [0.1, 0.15) is 0 Å². The number of aromatic nitrogens is 1. The van der Waals surface area contributed by atoms with Crippen molar-refractivity contribution in [1.82, 2.24) is 10.3 Å². The Balaban J connectivity index is 1.78. The van der Waals surface area contributed by atoms with Gasteiger partial charge in [-0.3, -0.25) is 9.78 Å². The van der Waals surface area contributed by atoms with Gasteiger partial charge in [0.25, 0.3) is 0 Å². The third kappa shape index (κ3) is 4.31. The lowest BCUT2D eigenvalue weighted by Crippen LogP contribution is -2.27. The smallest absolute Gasteiger partial charge is 0.244 e. The maximum atomic E-state index is 12.3. The zero-order chi connectivity index (χ0) is 16.8. The molecule has 1 atom stereocenters.